The van der Waals surface area contributed by atoms with Crippen molar-refractivity contribution < 1.29 is 14.3 Å². The average molecular weight is 339 g/mol. The molecule has 1 aliphatic heterocycles. The number of benzene rings is 1. The normalized spacial score (nSPS) is 16.1. The van der Waals surface area contributed by atoms with Gasteiger partial charge in [-0.1, -0.05) is 11.6 Å². The fraction of sp³-hybridized carbons (Fsp3) is 0.529. The number of piperidine rings is 1. The Hall–Kier alpha value is -1.75. The van der Waals surface area contributed by atoms with Crippen molar-refractivity contribution in [2.45, 2.75) is 45.3 Å². The number of rotatable bonds is 3. The number of hydrogen-bond acceptors (Lipinski definition) is 4. The molecular weight excluding hydrogens is 316 g/mol. The number of carbonyl (C=O) groups excluding carboxylic acids is 2. The number of aldehydes is 1. The van der Waals surface area contributed by atoms with Gasteiger partial charge >= 0.3 is 6.09 Å². The highest BCUT2D eigenvalue weighted by Crippen LogP contribution is 2.26. The Morgan fingerprint density at radius 3 is 2.57 bits per heavy atom. The second kappa shape index (κ2) is 7.21. The van der Waals surface area contributed by atoms with Crippen LogP contribution >= 0.6 is 11.6 Å². The first-order valence-corrected chi connectivity index (χ1v) is 8.15. The van der Waals surface area contributed by atoms with Crippen LogP contribution in [0.2, 0.25) is 5.02 Å². The van der Waals surface area contributed by atoms with E-state index < -0.39 is 5.60 Å². The molecule has 0 atom stereocenters. The molecule has 1 aliphatic rings. The summed E-state index contributed by atoms with van der Waals surface area (Å²) in [7, 11) is 0. The molecule has 1 amide bonds. The van der Waals surface area contributed by atoms with E-state index >= 15 is 0 Å². The van der Waals surface area contributed by atoms with Crippen LogP contribution in [0.3, 0.4) is 0 Å². The molecule has 0 spiro atoms. The zero-order valence-electron chi connectivity index (χ0n) is 13.8. The number of carbonyl (C=O) groups is 2. The van der Waals surface area contributed by atoms with E-state index in [-0.39, 0.29) is 12.1 Å². The van der Waals surface area contributed by atoms with Crippen LogP contribution in [0.25, 0.3) is 0 Å². The Labute approximate surface area is 141 Å². The van der Waals surface area contributed by atoms with Crippen molar-refractivity contribution in [3.05, 3.63) is 28.8 Å². The van der Waals surface area contributed by atoms with E-state index in [9.17, 15) is 9.59 Å². The lowest BCUT2D eigenvalue weighted by atomic mass is 10.0. The van der Waals surface area contributed by atoms with Crippen molar-refractivity contribution in [1.82, 2.24) is 5.32 Å². The number of halogens is 1. The van der Waals surface area contributed by atoms with Gasteiger partial charge in [0.1, 0.15) is 5.60 Å². The maximum absolute atomic E-state index is 11.8. The Morgan fingerprint density at radius 2 is 2.00 bits per heavy atom. The zero-order chi connectivity index (χ0) is 17.0. The van der Waals surface area contributed by atoms with E-state index in [2.05, 4.69) is 10.2 Å². The summed E-state index contributed by atoms with van der Waals surface area (Å²) < 4.78 is 5.28. The summed E-state index contributed by atoms with van der Waals surface area (Å²) in [5, 5.41) is 3.46. The Bertz CT molecular complexity index is 576. The third-order valence-electron chi connectivity index (χ3n) is 3.67. The van der Waals surface area contributed by atoms with Gasteiger partial charge in [0.25, 0.3) is 0 Å². The van der Waals surface area contributed by atoms with Gasteiger partial charge in [0, 0.05) is 35.4 Å². The molecule has 1 heterocycles. The fourth-order valence-corrected chi connectivity index (χ4v) is 2.83. The van der Waals surface area contributed by atoms with Crippen LogP contribution in [0.15, 0.2) is 18.2 Å². The number of anilines is 1. The topological polar surface area (TPSA) is 58.6 Å². The van der Waals surface area contributed by atoms with Crippen LogP contribution in [-0.4, -0.2) is 37.1 Å². The number of nitrogens with zero attached hydrogens (tertiary/aromatic N) is 1. The molecule has 0 bridgehead atoms. The Morgan fingerprint density at radius 1 is 1.35 bits per heavy atom. The molecule has 1 fully saturated rings. The summed E-state index contributed by atoms with van der Waals surface area (Å²) in [4.78, 5) is 25.2. The molecule has 0 aliphatic carbocycles. The van der Waals surface area contributed by atoms with Crippen LogP contribution in [0.5, 0.6) is 0 Å². The molecule has 126 valence electrons. The molecule has 1 N–H and O–H groups in total. The highest BCUT2D eigenvalue weighted by atomic mass is 35.5. The first-order chi connectivity index (χ1) is 10.8. The third-order valence-corrected chi connectivity index (χ3v) is 3.91. The highest BCUT2D eigenvalue weighted by molar-refractivity contribution is 6.31. The van der Waals surface area contributed by atoms with Gasteiger partial charge in [0.15, 0.2) is 6.29 Å². The van der Waals surface area contributed by atoms with Gasteiger partial charge in [-0.3, -0.25) is 4.79 Å². The molecule has 1 aromatic carbocycles. The molecular formula is C17H23ClN2O3. The highest BCUT2D eigenvalue weighted by Gasteiger charge is 2.24. The van der Waals surface area contributed by atoms with Crippen molar-refractivity contribution >= 4 is 29.7 Å². The summed E-state index contributed by atoms with van der Waals surface area (Å²) in [5.74, 6) is 0. The first-order valence-electron chi connectivity index (χ1n) is 7.77. The van der Waals surface area contributed by atoms with Crippen molar-refractivity contribution in [2.75, 3.05) is 18.0 Å². The minimum absolute atomic E-state index is 0.0908. The number of hydrogen-bond donors (Lipinski definition) is 1. The maximum Gasteiger partial charge on any atom is 0.407 e. The van der Waals surface area contributed by atoms with E-state index in [1.54, 1.807) is 12.1 Å². The monoisotopic (exact) mass is 338 g/mol. The number of amides is 1. The smallest absolute Gasteiger partial charge is 0.407 e. The lowest BCUT2D eigenvalue weighted by molar-refractivity contribution is 0.0497. The van der Waals surface area contributed by atoms with E-state index in [1.165, 1.54) is 0 Å². The van der Waals surface area contributed by atoms with Gasteiger partial charge < -0.3 is 15.0 Å². The van der Waals surface area contributed by atoms with Crippen molar-refractivity contribution in [3.63, 3.8) is 0 Å². The molecule has 0 radical (unpaired) electrons. The number of alkyl carbamates (subject to hydrolysis) is 1. The van der Waals surface area contributed by atoms with E-state index in [0.717, 1.165) is 37.9 Å². The SMILES string of the molecule is CC(C)(C)OC(=O)NC1CCN(c2ccc(Cl)cc2C=O)CC1. The van der Waals surface area contributed by atoms with Crippen molar-refractivity contribution in [2.24, 2.45) is 0 Å². The summed E-state index contributed by atoms with van der Waals surface area (Å²) >= 11 is 5.93. The summed E-state index contributed by atoms with van der Waals surface area (Å²) in [6.07, 6.45) is 2.06. The lowest BCUT2D eigenvalue weighted by Crippen LogP contribution is -2.46. The maximum atomic E-state index is 11.8. The molecule has 23 heavy (non-hydrogen) atoms. The second-order valence-electron chi connectivity index (χ2n) is 6.73. The summed E-state index contributed by atoms with van der Waals surface area (Å²) in [5.41, 5.74) is 0.989. The van der Waals surface area contributed by atoms with Crippen LogP contribution in [0.1, 0.15) is 44.0 Å². The van der Waals surface area contributed by atoms with Crippen molar-refractivity contribution in [1.29, 1.82) is 0 Å². The Kier molecular flexibility index (Phi) is 5.52. The standard InChI is InChI=1S/C17H23ClN2O3/c1-17(2,3)23-16(22)19-14-6-8-20(9-7-14)15-5-4-13(18)10-12(15)11-21/h4-5,10-11,14H,6-9H2,1-3H3,(H,19,22). The van der Waals surface area contributed by atoms with E-state index in [1.807, 2.05) is 26.8 Å². The van der Waals surface area contributed by atoms with E-state index in [4.69, 9.17) is 16.3 Å². The predicted molar refractivity (Wildman–Crippen MR) is 91.4 cm³/mol. The predicted octanol–water partition coefficient (Wildman–Crippen LogP) is 3.65. The number of ether oxygens (including phenoxy) is 1. The molecule has 2 rings (SSSR count). The molecule has 6 heteroatoms. The average Bonchev–Trinajstić information content (AvgIpc) is 2.46. The molecule has 5 nitrogen and oxygen atoms in total. The number of nitrogens with one attached hydrogen (secondary N) is 1. The van der Waals surface area contributed by atoms with Crippen LogP contribution in [0, 0.1) is 0 Å². The van der Waals surface area contributed by atoms with Gasteiger partial charge in [0.05, 0.1) is 0 Å². The van der Waals surface area contributed by atoms with E-state index in [0.29, 0.717) is 10.6 Å². The fourth-order valence-electron chi connectivity index (χ4n) is 2.65. The van der Waals surface area contributed by atoms with Gasteiger partial charge in [-0.2, -0.15) is 0 Å². The molecule has 1 saturated heterocycles. The van der Waals surface area contributed by atoms with Crippen LogP contribution in [-0.2, 0) is 4.74 Å². The van der Waals surface area contributed by atoms with Gasteiger partial charge in [-0.25, -0.2) is 4.79 Å². The molecule has 0 aromatic heterocycles. The molecule has 1 aromatic rings. The van der Waals surface area contributed by atoms with Gasteiger partial charge in [-0.05, 0) is 51.8 Å². The minimum Gasteiger partial charge on any atom is -0.444 e. The lowest BCUT2D eigenvalue weighted by Gasteiger charge is -2.34. The molecule has 0 unspecified atom stereocenters. The van der Waals surface area contributed by atoms with Gasteiger partial charge in [0.2, 0.25) is 0 Å². The first kappa shape index (κ1) is 17.6. The van der Waals surface area contributed by atoms with Gasteiger partial charge in [-0.15, -0.1) is 0 Å². The van der Waals surface area contributed by atoms with Crippen LogP contribution in [0.4, 0.5) is 10.5 Å². The summed E-state index contributed by atoms with van der Waals surface area (Å²) in [6, 6.07) is 5.42. The minimum atomic E-state index is -0.493. The summed E-state index contributed by atoms with van der Waals surface area (Å²) in [6.45, 7) is 7.07. The quantitative estimate of drug-likeness (QED) is 0.855. The third kappa shape index (κ3) is 5.13. The second-order valence-corrected chi connectivity index (χ2v) is 7.16. The van der Waals surface area contributed by atoms with Crippen molar-refractivity contribution in [3.8, 4) is 0 Å². The molecule has 0 saturated carbocycles. The van der Waals surface area contributed by atoms with Crippen LogP contribution < -0.4 is 10.2 Å². The Balaban J connectivity index is 1.91. The zero-order valence-corrected chi connectivity index (χ0v) is 14.5. The largest absolute Gasteiger partial charge is 0.444 e.